The molecule has 4 rings (SSSR count). The van der Waals surface area contributed by atoms with Gasteiger partial charge in [-0.2, -0.15) is 0 Å². The highest BCUT2D eigenvalue weighted by molar-refractivity contribution is 6.39. The van der Waals surface area contributed by atoms with Crippen molar-refractivity contribution in [1.82, 2.24) is 15.1 Å². The maximum Gasteiger partial charge on any atom is 0.313 e. The number of fused-ring (bicyclic) bond motifs is 1. The van der Waals surface area contributed by atoms with E-state index in [1.807, 2.05) is 0 Å². The molecule has 0 bridgehead atoms. The van der Waals surface area contributed by atoms with Gasteiger partial charge in [-0.05, 0) is 36.9 Å². The van der Waals surface area contributed by atoms with Crippen molar-refractivity contribution in [2.45, 2.75) is 6.04 Å². The first-order chi connectivity index (χ1) is 15.5. The van der Waals surface area contributed by atoms with E-state index in [0.717, 1.165) is 31.7 Å². The van der Waals surface area contributed by atoms with Crippen LogP contribution in [0.25, 0.3) is 0 Å². The van der Waals surface area contributed by atoms with Crippen LogP contribution in [0.2, 0.25) is 0 Å². The zero-order valence-electron chi connectivity index (χ0n) is 18.0. The van der Waals surface area contributed by atoms with E-state index in [2.05, 4.69) is 27.5 Å². The van der Waals surface area contributed by atoms with Crippen molar-refractivity contribution in [3.05, 3.63) is 53.8 Å². The summed E-state index contributed by atoms with van der Waals surface area (Å²) >= 11 is 0. The molecule has 0 spiro atoms. The van der Waals surface area contributed by atoms with Crippen LogP contribution in [0.5, 0.6) is 11.5 Å². The van der Waals surface area contributed by atoms with E-state index in [1.165, 1.54) is 12.1 Å². The number of ether oxygens (including phenoxy) is 2. The van der Waals surface area contributed by atoms with Crippen molar-refractivity contribution in [2.24, 2.45) is 0 Å². The lowest BCUT2D eigenvalue weighted by Crippen LogP contribution is -2.49. The Balaban J connectivity index is 1.39. The number of piperazine rings is 1. The molecule has 1 fully saturated rings. The summed E-state index contributed by atoms with van der Waals surface area (Å²) in [7, 11) is 2.06. The number of anilines is 1. The van der Waals surface area contributed by atoms with Crippen molar-refractivity contribution in [1.29, 1.82) is 0 Å². The van der Waals surface area contributed by atoms with Crippen LogP contribution < -0.4 is 20.1 Å². The average Bonchev–Trinajstić information content (AvgIpc) is 2.81. The van der Waals surface area contributed by atoms with Crippen LogP contribution in [0, 0.1) is 5.82 Å². The molecule has 2 N–H and O–H groups in total. The number of likely N-dealkylation sites (N-methyl/N-ethyl adjacent to an activating group) is 1. The zero-order valence-corrected chi connectivity index (χ0v) is 18.0. The van der Waals surface area contributed by atoms with E-state index in [4.69, 9.17) is 9.47 Å². The van der Waals surface area contributed by atoms with Crippen LogP contribution in [0.15, 0.2) is 42.5 Å². The third kappa shape index (κ3) is 5.35. The molecule has 2 aliphatic rings. The van der Waals surface area contributed by atoms with Gasteiger partial charge in [0.2, 0.25) is 0 Å². The Morgan fingerprint density at radius 2 is 1.66 bits per heavy atom. The highest BCUT2D eigenvalue weighted by Crippen LogP contribution is 2.32. The summed E-state index contributed by atoms with van der Waals surface area (Å²) in [4.78, 5) is 29.4. The second-order valence-corrected chi connectivity index (χ2v) is 7.93. The summed E-state index contributed by atoms with van der Waals surface area (Å²) < 4.78 is 24.4. The van der Waals surface area contributed by atoms with E-state index in [-0.39, 0.29) is 18.4 Å². The largest absolute Gasteiger partial charge is 0.486 e. The lowest BCUT2D eigenvalue weighted by atomic mass is 10.0. The first-order valence-electron chi connectivity index (χ1n) is 10.7. The molecule has 2 heterocycles. The molecule has 2 aromatic rings. The molecule has 8 nitrogen and oxygen atoms in total. The predicted octanol–water partition coefficient (Wildman–Crippen LogP) is 1.64. The maximum atomic E-state index is 13.4. The molecule has 2 amide bonds. The van der Waals surface area contributed by atoms with E-state index < -0.39 is 11.8 Å². The number of hydrogen-bond acceptors (Lipinski definition) is 6. The fraction of sp³-hybridized carbons (Fsp3) is 0.391. The smallest absolute Gasteiger partial charge is 0.313 e. The highest BCUT2D eigenvalue weighted by atomic mass is 19.1. The van der Waals surface area contributed by atoms with Crippen molar-refractivity contribution in [3.63, 3.8) is 0 Å². The zero-order chi connectivity index (χ0) is 22.5. The first kappa shape index (κ1) is 22.0. The second kappa shape index (κ2) is 9.97. The number of carbonyl (C=O) groups is 2. The Labute approximate surface area is 186 Å². The van der Waals surface area contributed by atoms with Gasteiger partial charge in [0.1, 0.15) is 19.0 Å². The summed E-state index contributed by atoms with van der Waals surface area (Å²) in [6.45, 7) is 4.58. The van der Waals surface area contributed by atoms with Crippen molar-refractivity contribution in [2.75, 3.05) is 58.3 Å². The number of carbonyl (C=O) groups excluding carboxylic acids is 2. The predicted molar refractivity (Wildman–Crippen MR) is 117 cm³/mol. The third-order valence-corrected chi connectivity index (χ3v) is 5.70. The Hall–Kier alpha value is -3.17. The van der Waals surface area contributed by atoms with Crippen molar-refractivity contribution < 1.29 is 23.5 Å². The van der Waals surface area contributed by atoms with Gasteiger partial charge < -0.3 is 25.0 Å². The molecule has 32 heavy (non-hydrogen) atoms. The van der Waals surface area contributed by atoms with E-state index in [9.17, 15) is 14.0 Å². The van der Waals surface area contributed by atoms with Gasteiger partial charge in [0.25, 0.3) is 0 Å². The molecule has 9 heteroatoms. The van der Waals surface area contributed by atoms with Gasteiger partial charge in [0.05, 0.1) is 6.04 Å². The number of rotatable bonds is 5. The number of nitrogens with one attached hydrogen (secondary N) is 2. The molecule has 170 valence electrons. The van der Waals surface area contributed by atoms with Gasteiger partial charge in [-0.3, -0.25) is 14.5 Å². The number of hydrogen-bond donors (Lipinski definition) is 2. The molecular weight excluding hydrogens is 415 g/mol. The minimum Gasteiger partial charge on any atom is -0.486 e. The number of benzene rings is 2. The molecule has 0 saturated carbocycles. The normalized spacial score (nSPS) is 17.4. The molecule has 0 aromatic heterocycles. The first-order valence-corrected chi connectivity index (χ1v) is 10.7. The van der Waals surface area contributed by atoms with Crippen molar-refractivity contribution in [3.8, 4) is 11.5 Å². The third-order valence-electron chi connectivity index (χ3n) is 5.70. The molecule has 2 aliphatic heterocycles. The fourth-order valence-corrected chi connectivity index (χ4v) is 3.85. The van der Waals surface area contributed by atoms with Gasteiger partial charge in [0.15, 0.2) is 11.5 Å². The Morgan fingerprint density at radius 1 is 0.969 bits per heavy atom. The second-order valence-electron chi connectivity index (χ2n) is 7.93. The van der Waals surface area contributed by atoms with Crippen LogP contribution in [-0.2, 0) is 9.59 Å². The van der Waals surface area contributed by atoms with Crippen LogP contribution >= 0.6 is 0 Å². The topological polar surface area (TPSA) is 83.1 Å². The SMILES string of the molecule is CN1CCN([C@@H](CNC(=O)C(=O)Nc2ccc3c(c2)OCCO3)c2ccc(F)cc2)CC1. The van der Waals surface area contributed by atoms with E-state index in [1.54, 1.807) is 30.3 Å². The minimum absolute atomic E-state index is 0.157. The molecule has 1 saturated heterocycles. The van der Waals surface area contributed by atoms with Crippen LogP contribution in [-0.4, -0.2) is 74.6 Å². The number of amides is 2. The van der Waals surface area contributed by atoms with Crippen molar-refractivity contribution >= 4 is 17.5 Å². The standard InChI is InChI=1S/C23H27FN4O4/c1-27-8-10-28(11-9-27)19(16-2-4-17(24)5-3-16)15-25-22(29)23(30)26-18-6-7-20-21(14-18)32-13-12-31-20/h2-7,14,19H,8-13,15H2,1H3,(H,25,29)(H,26,30)/t19-/m0/s1. The van der Waals surface area contributed by atoms with Gasteiger partial charge in [-0.1, -0.05) is 12.1 Å². The quantitative estimate of drug-likeness (QED) is 0.686. The number of nitrogens with zero attached hydrogens (tertiary/aromatic N) is 2. The summed E-state index contributed by atoms with van der Waals surface area (Å²) in [5.41, 5.74) is 1.34. The maximum absolute atomic E-state index is 13.4. The van der Waals surface area contributed by atoms with Crippen LogP contribution in [0.4, 0.5) is 10.1 Å². The van der Waals surface area contributed by atoms with Gasteiger partial charge >= 0.3 is 11.8 Å². The molecule has 0 unspecified atom stereocenters. The molecule has 2 aromatic carbocycles. The van der Waals surface area contributed by atoms with Gasteiger partial charge in [-0.25, -0.2) is 4.39 Å². The summed E-state index contributed by atoms with van der Waals surface area (Å²) in [6, 6.07) is 11.1. The molecule has 0 aliphatic carbocycles. The molecule has 1 atom stereocenters. The Bertz CT molecular complexity index is 961. The van der Waals surface area contributed by atoms with E-state index in [0.29, 0.717) is 30.4 Å². The van der Waals surface area contributed by atoms with Crippen LogP contribution in [0.1, 0.15) is 11.6 Å². The minimum atomic E-state index is -0.766. The number of halogens is 1. The molecule has 0 radical (unpaired) electrons. The highest BCUT2D eigenvalue weighted by Gasteiger charge is 2.26. The Kier molecular flexibility index (Phi) is 6.87. The summed E-state index contributed by atoms with van der Waals surface area (Å²) in [6.07, 6.45) is 0. The van der Waals surface area contributed by atoms with Gasteiger partial charge in [-0.15, -0.1) is 0 Å². The van der Waals surface area contributed by atoms with E-state index >= 15 is 0 Å². The lowest BCUT2D eigenvalue weighted by molar-refractivity contribution is -0.136. The average molecular weight is 442 g/mol. The van der Waals surface area contributed by atoms with Crippen LogP contribution in [0.3, 0.4) is 0 Å². The Morgan fingerprint density at radius 3 is 2.38 bits per heavy atom. The fourth-order valence-electron chi connectivity index (χ4n) is 3.85. The lowest BCUT2D eigenvalue weighted by Gasteiger charge is -2.38. The molecular formula is C23H27FN4O4. The summed E-state index contributed by atoms with van der Waals surface area (Å²) in [5.74, 6) is -0.679. The summed E-state index contributed by atoms with van der Waals surface area (Å²) in [5, 5.41) is 5.32. The monoisotopic (exact) mass is 442 g/mol. The van der Waals surface area contributed by atoms with Gasteiger partial charge in [0, 0.05) is 44.5 Å².